The molecule has 86 valence electrons. The van der Waals surface area contributed by atoms with Gasteiger partial charge in [-0.1, -0.05) is 6.92 Å². The van der Waals surface area contributed by atoms with Gasteiger partial charge in [0.2, 0.25) is 0 Å². The van der Waals surface area contributed by atoms with E-state index < -0.39 is 0 Å². The summed E-state index contributed by atoms with van der Waals surface area (Å²) >= 11 is 0. The highest BCUT2D eigenvalue weighted by Gasteiger charge is 2.22. The molecule has 1 aromatic heterocycles. The Labute approximate surface area is 95.2 Å². The zero-order valence-corrected chi connectivity index (χ0v) is 9.53. The third-order valence-corrected chi connectivity index (χ3v) is 2.79. The second-order valence-electron chi connectivity index (χ2n) is 4.27. The Morgan fingerprint density at radius 2 is 2.38 bits per heavy atom. The van der Waals surface area contributed by atoms with Crippen LogP contribution in [0.4, 0.5) is 11.6 Å². The first-order valence-corrected chi connectivity index (χ1v) is 5.76. The molecule has 1 saturated carbocycles. The number of nitriles is 1. The van der Waals surface area contributed by atoms with E-state index in [0.717, 1.165) is 25.4 Å². The van der Waals surface area contributed by atoms with E-state index in [9.17, 15) is 0 Å². The van der Waals surface area contributed by atoms with Crippen LogP contribution < -0.4 is 11.1 Å². The van der Waals surface area contributed by atoms with Crippen LogP contribution in [0, 0.1) is 17.2 Å². The van der Waals surface area contributed by atoms with E-state index in [1.54, 1.807) is 4.68 Å². The van der Waals surface area contributed by atoms with Crippen molar-refractivity contribution >= 4 is 11.6 Å². The molecule has 0 spiro atoms. The van der Waals surface area contributed by atoms with Crippen LogP contribution in [-0.2, 0) is 6.54 Å². The number of anilines is 2. The number of nitrogens with one attached hydrogen (secondary N) is 1. The Hall–Kier alpha value is -1.70. The summed E-state index contributed by atoms with van der Waals surface area (Å²) in [6, 6.07) is 2.12. The maximum atomic E-state index is 9.04. The van der Waals surface area contributed by atoms with E-state index in [1.165, 1.54) is 12.8 Å². The van der Waals surface area contributed by atoms with E-state index >= 15 is 0 Å². The lowest BCUT2D eigenvalue weighted by atomic mass is 10.3. The summed E-state index contributed by atoms with van der Waals surface area (Å²) in [6.45, 7) is 3.72. The number of hydrogen-bond acceptors (Lipinski definition) is 4. The van der Waals surface area contributed by atoms with Crippen molar-refractivity contribution in [3.8, 4) is 6.07 Å². The Morgan fingerprint density at radius 1 is 1.62 bits per heavy atom. The molecule has 2 rings (SSSR count). The van der Waals surface area contributed by atoms with Crippen LogP contribution in [0.1, 0.15) is 31.7 Å². The molecule has 0 bridgehead atoms. The van der Waals surface area contributed by atoms with E-state index in [2.05, 4.69) is 23.4 Å². The van der Waals surface area contributed by atoms with Gasteiger partial charge >= 0.3 is 0 Å². The summed E-state index contributed by atoms with van der Waals surface area (Å²) in [5.41, 5.74) is 6.34. The molecule has 5 nitrogen and oxygen atoms in total. The van der Waals surface area contributed by atoms with Gasteiger partial charge in [-0.05, 0) is 25.2 Å². The zero-order valence-electron chi connectivity index (χ0n) is 9.53. The van der Waals surface area contributed by atoms with E-state index in [0.29, 0.717) is 17.2 Å². The topological polar surface area (TPSA) is 79.7 Å². The number of aromatic nitrogens is 2. The predicted molar refractivity (Wildman–Crippen MR) is 62.9 cm³/mol. The van der Waals surface area contributed by atoms with Crippen LogP contribution in [0.2, 0.25) is 0 Å². The van der Waals surface area contributed by atoms with Gasteiger partial charge in [0.15, 0.2) is 5.82 Å². The molecule has 0 unspecified atom stereocenters. The quantitative estimate of drug-likeness (QED) is 0.787. The summed E-state index contributed by atoms with van der Waals surface area (Å²) in [7, 11) is 0. The highest BCUT2D eigenvalue weighted by molar-refractivity contribution is 5.63. The average Bonchev–Trinajstić information content (AvgIpc) is 3.04. The third kappa shape index (κ3) is 2.11. The molecule has 0 atom stereocenters. The van der Waals surface area contributed by atoms with Crippen molar-refractivity contribution in [3.05, 3.63) is 5.56 Å². The number of nitrogens with two attached hydrogens (primary N) is 1. The van der Waals surface area contributed by atoms with Crippen molar-refractivity contribution in [1.29, 1.82) is 5.26 Å². The fourth-order valence-corrected chi connectivity index (χ4v) is 1.65. The molecule has 1 heterocycles. The molecule has 0 amide bonds. The SMILES string of the molecule is CCCn1nc(NCC2CC2)c(C#N)c1N. The first kappa shape index (κ1) is 10.8. The molecule has 0 aliphatic heterocycles. The lowest BCUT2D eigenvalue weighted by molar-refractivity contribution is 0.612. The van der Waals surface area contributed by atoms with Crippen LogP contribution in [0.3, 0.4) is 0 Å². The minimum absolute atomic E-state index is 0.475. The van der Waals surface area contributed by atoms with Gasteiger partial charge in [0.25, 0.3) is 0 Å². The molecule has 0 radical (unpaired) electrons. The Bertz CT molecular complexity index is 411. The molecule has 1 fully saturated rings. The van der Waals surface area contributed by atoms with Gasteiger partial charge in [-0.25, -0.2) is 4.68 Å². The summed E-state index contributed by atoms with van der Waals surface area (Å²) in [5.74, 6) is 1.87. The van der Waals surface area contributed by atoms with Gasteiger partial charge < -0.3 is 11.1 Å². The monoisotopic (exact) mass is 219 g/mol. The molecule has 1 aliphatic carbocycles. The van der Waals surface area contributed by atoms with Crippen LogP contribution >= 0.6 is 0 Å². The maximum Gasteiger partial charge on any atom is 0.168 e. The van der Waals surface area contributed by atoms with Gasteiger partial charge in [-0.15, -0.1) is 0 Å². The zero-order chi connectivity index (χ0) is 11.5. The highest BCUT2D eigenvalue weighted by Crippen LogP contribution is 2.30. The predicted octanol–water partition coefficient (Wildman–Crippen LogP) is 1.57. The second-order valence-corrected chi connectivity index (χ2v) is 4.27. The molecule has 3 N–H and O–H groups in total. The molecule has 5 heteroatoms. The highest BCUT2D eigenvalue weighted by atomic mass is 15.3. The number of aryl methyl sites for hydroxylation is 1. The van der Waals surface area contributed by atoms with Crippen molar-refractivity contribution in [2.75, 3.05) is 17.6 Å². The normalized spacial score (nSPS) is 14.8. The minimum atomic E-state index is 0.475. The van der Waals surface area contributed by atoms with Gasteiger partial charge in [0.1, 0.15) is 17.5 Å². The summed E-state index contributed by atoms with van der Waals surface area (Å²) < 4.78 is 1.70. The van der Waals surface area contributed by atoms with Crippen LogP contribution in [0.5, 0.6) is 0 Å². The average molecular weight is 219 g/mol. The van der Waals surface area contributed by atoms with Crippen molar-refractivity contribution < 1.29 is 0 Å². The molecule has 1 aromatic rings. The number of hydrogen-bond donors (Lipinski definition) is 2. The standard InChI is InChI=1S/C11H17N5/c1-2-5-16-10(13)9(6-12)11(15-16)14-7-8-3-4-8/h8H,2-5,7,13H2,1H3,(H,14,15). The molecule has 0 saturated heterocycles. The summed E-state index contributed by atoms with van der Waals surface area (Å²) in [6.07, 6.45) is 3.51. The number of nitrogen functional groups attached to an aromatic ring is 1. The molecule has 1 aliphatic rings. The van der Waals surface area contributed by atoms with Gasteiger partial charge in [-0.2, -0.15) is 10.4 Å². The molecule has 16 heavy (non-hydrogen) atoms. The largest absolute Gasteiger partial charge is 0.383 e. The first-order chi connectivity index (χ1) is 7.76. The fourth-order valence-electron chi connectivity index (χ4n) is 1.65. The molecular weight excluding hydrogens is 202 g/mol. The fraction of sp³-hybridized carbons (Fsp3) is 0.636. The minimum Gasteiger partial charge on any atom is -0.383 e. The van der Waals surface area contributed by atoms with Crippen LogP contribution in [-0.4, -0.2) is 16.3 Å². The smallest absolute Gasteiger partial charge is 0.168 e. The molecular formula is C11H17N5. The van der Waals surface area contributed by atoms with Gasteiger partial charge in [-0.3, -0.25) is 0 Å². The van der Waals surface area contributed by atoms with Gasteiger partial charge in [0, 0.05) is 13.1 Å². The summed E-state index contributed by atoms with van der Waals surface area (Å²) in [5, 5.41) is 16.6. The summed E-state index contributed by atoms with van der Waals surface area (Å²) in [4.78, 5) is 0. The van der Waals surface area contributed by atoms with Crippen molar-refractivity contribution in [2.24, 2.45) is 5.92 Å². The first-order valence-electron chi connectivity index (χ1n) is 5.76. The second kappa shape index (κ2) is 4.44. The lowest BCUT2D eigenvalue weighted by Crippen LogP contribution is -2.06. The number of rotatable bonds is 5. The van der Waals surface area contributed by atoms with Crippen LogP contribution in [0.15, 0.2) is 0 Å². The number of nitrogens with zero attached hydrogens (tertiary/aromatic N) is 3. The van der Waals surface area contributed by atoms with Crippen molar-refractivity contribution in [2.45, 2.75) is 32.7 Å². The van der Waals surface area contributed by atoms with Crippen molar-refractivity contribution in [3.63, 3.8) is 0 Å². The van der Waals surface area contributed by atoms with E-state index in [-0.39, 0.29) is 0 Å². The Kier molecular flexibility index (Phi) is 3.00. The Balaban J connectivity index is 2.14. The van der Waals surface area contributed by atoms with Crippen molar-refractivity contribution in [1.82, 2.24) is 9.78 Å². The molecule has 0 aromatic carbocycles. The van der Waals surface area contributed by atoms with Gasteiger partial charge in [0.05, 0.1) is 0 Å². The van der Waals surface area contributed by atoms with Crippen LogP contribution in [0.25, 0.3) is 0 Å². The third-order valence-electron chi connectivity index (χ3n) is 2.79. The van der Waals surface area contributed by atoms with E-state index in [4.69, 9.17) is 11.0 Å². The van der Waals surface area contributed by atoms with E-state index in [1.807, 2.05) is 0 Å². The lowest BCUT2D eigenvalue weighted by Gasteiger charge is -2.00. The Morgan fingerprint density at radius 3 is 2.94 bits per heavy atom. The maximum absolute atomic E-state index is 9.04.